The van der Waals surface area contributed by atoms with Gasteiger partial charge in [-0.15, -0.1) is 0 Å². The number of amides is 1. The molecule has 0 saturated carbocycles. The van der Waals surface area contributed by atoms with Crippen LogP contribution in [0.5, 0.6) is 0 Å². The fourth-order valence-electron chi connectivity index (χ4n) is 2.16. The summed E-state index contributed by atoms with van der Waals surface area (Å²) in [6.45, 7) is 11.9. The molecule has 0 aliphatic carbocycles. The second-order valence-electron chi connectivity index (χ2n) is 6.44. The van der Waals surface area contributed by atoms with E-state index in [0.29, 0.717) is 13.0 Å². The first-order valence-corrected chi connectivity index (χ1v) is 6.25. The fraction of sp³-hybridized carbons (Fsp3) is 0.923. The molecule has 1 fully saturated rings. The summed E-state index contributed by atoms with van der Waals surface area (Å²) >= 11 is 0. The van der Waals surface area contributed by atoms with Crippen LogP contribution in [0.25, 0.3) is 0 Å². The first-order valence-electron chi connectivity index (χ1n) is 6.25. The van der Waals surface area contributed by atoms with Gasteiger partial charge < -0.3 is 14.7 Å². The Morgan fingerprint density at radius 2 is 1.94 bits per heavy atom. The second kappa shape index (κ2) is 4.48. The lowest BCUT2D eigenvalue weighted by molar-refractivity contribution is -0.0741. The standard InChI is InChI=1S/C13H25NO3/c1-9-8-14(10(2)7-13(9,6)16)11(15)17-12(3,4)5/h9-10,16H,7-8H2,1-6H3/t9-,10-,13?/m0/s1. The molecule has 0 spiro atoms. The molecular weight excluding hydrogens is 218 g/mol. The van der Waals surface area contributed by atoms with Crippen LogP contribution in [0.4, 0.5) is 4.79 Å². The second-order valence-corrected chi connectivity index (χ2v) is 6.44. The number of hydrogen-bond donors (Lipinski definition) is 1. The molecule has 1 unspecified atom stereocenters. The highest BCUT2D eigenvalue weighted by Crippen LogP contribution is 2.31. The largest absolute Gasteiger partial charge is 0.444 e. The average Bonchev–Trinajstić information content (AvgIpc) is 2.07. The van der Waals surface area contributed by atoms with Crippen molar-refractivity contribution in [1.82, 2.24) is 4.90 Å². The molecule has 100 valence electrons. The Morgan fingerprint density at radius 3 is 2.41 bits per heavy atom. The number of ether oxygens (including phenoxy) is 1. The van der Waals surface area contributed by atoms with Gasteiger partial charge in [0.1, 0.15) is 5.60 Å². The maximum atomic E-state index is 12.0. The molecular formula is C13H25NO3. The van der Waals surface area contributed by atoms with Crippen molar-refractivity contribution in [2.75, 3.05) is 6.54 Å². The van der Waals surface area contributed by atoms with Crippen molar-refractivity contribution in [2.45, 2.75) is 65.2 Å². The van der Waals surface area contributed by atoms with E-state index >= 15 is 0 Å². The van der Waals surface area contributed by atoms with E-state index in [1.807, 2.05) is 41.5 Å². The normalized spacial score (nSPS) is 34.6. The first kappa shape index (κ1) is 14.3. The van der Waals surface area contributed by atoms with Crippen LogP contribution in [0.1, 0.15) is 48.0 Å². The summed E-state index contributed by atoms with van der Waals surface area (Å²) in [5.41, 5.74) is -1.17. The molecule has 1 aliphatic rings. The van der Waals surface area contributed by atoms with E-state index in [1.165, 1.54) is 0 Å². The van der Waals surface area contributed by atoms with Crippen molar-refractivity contribution < 1.29 is 14.6 Å². The lowest BCUT2D eigenvalue weighted by Crippen LogP contribution is -2.55. The van der Waals surface area contributed by atoms with Crippen molar-refractivity contribution in [3.8, 4) is 0 Å². The third-order valence-corrected chi connectivity index (χ3v) is 3.40. The highest BCUT2D eigenvalue weighted by molar-refractivity contribution is 5.68. The molecule has 4 nitrogen and oxygen atoms in total. The number of piperidine rings is 1. The first-order chi connectivity index (χ1) is 7.53. The molecule has 0 radical (unpaired) electrons. The van der Waals surface area contributed by atoms with Crippen LogP contribution in [0.15, 0.2) is 0 Å². The van der Waals surface area contributed by atoms with Crippen LogP contribution in [-0.2, 0) is 4.74 Å². The molecule has 17 heavy (non-hydrogen) atoms. The fourth-order valence-corrected chi connectivity index (χ4v) is 2.16. The summed E-state index contributed by atoms with van der Waals surface area (Å²) < 4.78 is 5.37. The van der Waals surface area contributed by atoms with Gasteiger partial charge in [0.25, 0.3) is 0 Å². The number of nitrogens with zero attached hydrogens (tertiary/aromatic N) is 1. The molecule has 1 amide bonds. The summed E-state index contributed by atoms with van der Waals surface area (Å²) in [5.74, 6) is 0.0613. The van der Waals surface area contributed by atoms with Crippen LogP contribution in [0, 0.1) is 5.92 Å². The summed E-state index contributed by atoms with van der Waals surface area (Å²) in [5, 5.41) is 10.2. The van der Waals surface area contributed by atoms with Gasteiger partial charge in [0.05, 0.1) is 5.60 Å². The zero-order chi connectivity index (χ0) is 13.4. The van der Waals surface area contributed by atoms with Gasteiger partial charge >= 0.3 is 6.09 Å². The van der Waals surface area contributed by atoms with E-state index in [2.05, 4.69) is 0 Å². The third kappa shape index (κ3) is 3.60. The van der Waals surface area contributed by atoms with E-state index in [-0.39, 0.29) is 18.1 Å². The maximum Gasteiger partial charge on any atom is 0.410 e. The number of hydrogen-bond acceptors (Lipinski definition) is 3. The minimum absolute atomic E-state index is 0.0102. The van der Waals surface area contributed by atoms with Gasteiger partial charge in [0, 0.05) is 18.5 Å². The van der Waals surface area contributed by atoms with Gasteiger partial charge in [-0.05, 0) is 41.0 Å². The van der Waals surface area contributed by atoms with Crippen LogP contribution >= 0.6 is 0 Å². The predicted molar refractivity (Wildman–Crippen MR) is 66.8 cm³/mol. The number of carbonyl (C=O) groups is 1. The minimum Gasteiger partial charge on any atom is -0.444 e. The number of likely N-dealkylation sites (tertiary alicyclic amines) is 1. The summed E-state index contributed by atoms with van der Waals surface area (Å²) in [7, 11) is 0. The lowest BCUT2D eigenvalue weighted by Gasteiger charge is -2.45. The van der Waals surface area contributed by atoms with Crippen LogP contribution in [0.2, 0.25) is 0 Å². The van der Waals surface area contributed by atoms with Crippen molar-refractivity contribution in [2.24, 2.45) is 5.92 Å². The molecule has 0 bridgehead atoms. The predicted octanol–water partition coefficient (Wildman–Crippen LogP) is 2.40. The monoisotopic (exact) mass is 243 g/mol. The third-order valence-electron chi connectivity index (χ3n) is 3.40. The molecule has 1 saturated heterocycles. The van der Waals surface area contributed by atoms with E-state index in [1.54, 1.807) is 4.90 Å². The van der Waals surface area contributed by atoms with E-state index in [0.717, 1.165) is 0 Å². The van der Waals surface area contributed by atoms with Gasteiger partial charge in [-0.1, -0.05) is 6.92 Å². The Morgan fingerprint density at radius 1 is 1.41 bits per heavy atom. The van der Waals surface area contributed by atoms with Crippen LogP contribution < -0.4 is 0 Å². The Bertz CT molecular complexity index is 294. The highest BCUT2D eigenvalue weighted by Gasteiger charge is 2.41. The van der Waals surface area contributed by atoms with E-state index < -0.39 is 11.2 Å². The molecule has 1 aliphatic heterocycles. The molecule has 0 aromatic heterocycles. The summed E-state index contributed by atoms with van der Waals surface area (Å²) in [4.78, 5) is 13.7. The van der Waals surface area contributed by atoms with Gasteiger partial charge in [0.2, 0.25) is 0 Å². The topological polar surface area (TPSA) is 49.8 Å². The van der Waals surface area contributed by atoms with Crippen molar-refractivity contribution >= 4 is 6.09 Å². The van der Waals surface area contributed by atoms with E-state index in [9.17, 15) is 9.90 Å². The molecule has 4 heteroatoms. The van der Waals surface area contributed by atoms with Crippen LogP contribution in [0.3, 0.4) is 0 Å². The Hall–Kier alpha value is -0.770. The van der Waals surface area contributed by atoms with E-state index in [4.69, 9.17) is 4.74 Å². The molecule has 1 N–H and O–H groups in total. The zero-order valence-electron chi connectivity index (χ0n) is 11.8. The molecule has 0 aromatic rings. The quantitative estimate of drug-likeness (QED) is 0.710. The van der Waals surface area contributed by atoms with Crippen molar-refractivity contribution in [3.63, 3.8) is 0 Å². The van der Waals surface area contributed by atoms with Gasteiger partial charge in [0.15, 0.2) is 0 Å². The molecule has 1 rings (SSSR count). The Balaban J connectivity index is 2.70. The SMILES string of the molecule is C[C@H]1CC(C)(O)[C@@H](C)CN1C(=O)OC(C)(C)C. The molecule has 1 heterocycles. The summed E-state index contributed by atoms with van der Waals surface area (Å²) in [6.07, 6.45) is 0.306. The number of aliphatic hydroxyl groups is 1. The van der Waals surface area contributed by atoms with Crippen molar-refractivity contribution in [3.05, 3.63) is 0 Å². The smallest absolute Gasteiger partial charge is 0.410 e. The van der Waals surface area contributed by atoms with Crippen LogP contribution in [-0.4, -0.2) is 39.9 Å². The maximum absolute atomic E-state index is 12.0. The summed E-state index contributed by atoms with van der Waals surface area (Å²) in [6, 6.07) is 0.0102. The Labute approximate surface area is 104 Å². The molecule has 3 atom stereocenters. The Kier molecular flexibility index (Phi) is 3.77. The number of carbonyl (C=O) groups excluding carboxylic acids is 1. The zero-order valence-corrected chi connectivity index (χ0v) is 11.8. The minimum atomic E-state index is -0.696. The van der Waals surface area contributed by atoms with Gasteiger partial charge in [-0.3, -0.25) is 0 Å². The average molecular weight is 243 g/mol. The lowest BCUT2D eigenvalue weighted by atomic mass is 9.81. The van der Waals surface area contributed by atoms with Crippen molar-refractivity contribution in [1.29, 1.82) is 0 Å². The van der Waals surface area contributed by atoms with Gasteiger partial charge in [-0.25, -0.2) is 4.79 Å². The van der Waals surface area contributed by atoms with Gasteiger partial charge in [-0.2, -0.15) is 0 Å². The number of rotatable bonds is 0. The molecule has 0 aromatic carbocycles. The highest BCUT2D eigenvalue weighted by atomic mass is 16.6.